The lowest BCUT2D eigenvalue weighted by molar-refractivity contribution is 0.0787. The predicted molar refractivity (Wildman–Crippen MR) is 74.9 cm³/mol. The van der Waals surface area contributed by atoms with Gasteiger partial charge in [0.15, 0.2) is 0 Å². The van der Waals surface area contributed by atoms with Crippen LogP contribution >= 0.6 is 0 Å². The van der Waals surface area contributed by atoms with E-state index in [-0.39, 0.29) is 12.1 Å². The van der Waals surface area contributed by atoms with Crippen LogP contribution in [0.4, 0.5) is 0 Å². The third-order valence-electron chi connectivity index (χ3n) is 4.24. The highest BCUT2D eigenvalue weighted by atomic mass is 16.5. The molecule has 1 fully saturated rings. The van der Waals surface area contributed by atoms with E-state index in [0.29, 0.717) is 6.10 Å². The maximum atomic E-state index is 9.48. The molecular formula is C14H30N2O2. The van der Waals surface area contributed by atoms with Gasteiger partial charge in [-0.1, -0.05) is 6.92 Å². The van der Waals surface area contributed by atoms with Crippen LogP contribution in [-0.4, -0.2) is 62.0 Å². The summed E-state index contributed by atoms with van der Waals surface area (Å²) in [6.45, 7) is 5.39. The molecule has 0 amide bonds. The summed E-state index contributed by atoms with van der Waals surface area (Å²) in [6, 6.07) is 0. The summed E-state index contributed by atoms with van der Waals surface area (Å²) in [5.41, 5.74) is -0.0926. The highest BCUT2D eigenvalue weighted by Crippen LogP contribution is 2.17. The molecule has 0 bridgehead atoms. The smallest absolute Gasteiger partial charge is 0.0702 e. The molecule has 2 unspecified atom stereocenters. The Bertz CT molecular complexity index is 206. The first-order chi connectivity index (χ1) is 8.65. The van der Waals surface area contributed by atoms with Crippen molar-refractivity contribution in [3.8, 4) is 0 Å². The second kappa shape index (κ2) is 8.10. The second-order valence-electron chi connectivity index (χ2n) is 5.54. The fourth-order valence-corrected chi connectivity index (χ4v) is 2.66. The Kier molecular flexibility index (Phi) is 7.15. The number of likely N-dealkylation sites (N-methyl/N-ethyl adjacent to an activating group) is 2. The first kappa shape index (κ1) is 15.9. The van der Waals surface area contributed by atoms with Crippen LogP contribution in [-0.2, 0) is 4.74 Å². The van der Waals surface area contributed by atoms with Crippen LogP contribution in [0.5, 0.6) is 0 Å². The maximum absolute atomic E-state index is 9.48. The average Bonchev–Trinajstić information content (AvgIpc) is 2.88. The van der Waals surface area contributed by atoms with E-state index in [0.717, 1.165) is 39.0 Å². The zero-order chi connectivity index (χ0) is 13.4. The second-order valence-corrected chi connectivity index (χ2v) is 5.54. The number of ether oxygens (including phenoxy) is 1. The topological polar surface area (TPSA) is 44.7 Å². The quantitative estimate of drug-likeness (QED) is 0.653. The van der Waals surface area contributed by atoms with Gasteiger partial charge in [0.05, 0.1) is 12.7 Å². The largest absolute Gasteiger partial charge is 0.394 e. The molecule has 0 saturated carbocycles. The molecule has 0 aromatic rings. The molecule has 4 nitrogen and oxygen atoms in total. The van der Waals surface area contributed by atoms with E-state index in [1.807, 2.05) is 7.05 Å². The molecule has 1 heterocycles. The molecule has 4 heteroatoms. The highest BCUT2D eigenvalue weighted by Gasteiger charge is 2.24. The number of aliphatic hydroxyl groups excluding tert-OH is 1. The number of hydrogen-bond acceptors (Lipinski definition) is 4. The van der Waals surface area contributed by atoms with Crippen molar-refractivity contribution in [2.45, 2.75) is 50.7 Å². The lowest BCUT2D eigenvalue weighted by Crippen LogP contribution is -2.46. The van der Waals surface area contributed by atoms with Gasteiger partial charge in [0.1, 0.15) is 0 Å². The molecule has 0 aliphatic carbocycles. The van der Waals surface area contributed by atoms with Gasteiger partial charge in [-0.3, -0.25) is 0 Å². The van der Waals surface area contributed by atoms with Crippen molar-refractivity contribution in [1.29, 1.82) is 0 Å². The number of nitrogens with one attached hydrogen (secondary N) is 1. The van der Waals surface area contributed by atoms with Gasteiger partial charge in [0, 0.05) is 18.7 Å². The van der Waals surface area contributed by atoms with Gasteiger partial charge in [0.25, 0.3) is 0 Å². The standard InChI is InChI=1S/C14H30N2O2/c1-4-14(12-17,15-2)8-6-9-16(3)11-13-7-5-10-18-13/h13,15,17H,4-12H2,1-3H3. The molecular weight excluding hydrogens is 228 g/mol. The summed E-state index contributed by atoms with van der Waals surface area (Å²) in [5, 5.41) is 12.7. The van der Waals surface area contributed by atoms with Crippen LogP contribution in [0.3, 0.4) is 0 Å². The molecule has 1 aliphatic heterocycles. The Balaban J connectivity index is 2.18. The summed E-state index contributed by atoms with van der Waals surface area (Å²) in [5.74, 6) is 0. The summed E-state index contributed by atoms with van der Waals surface area (Å²) < 4.78 is 5.64. The van der Waals surface area contributed by atoms with E-state index >= 15 is 0 Å². The van der Waals surface area contributed by atoms with Gasteiger partial charge in [-0.2, -0.15) is 0 Å². The average molecular weight is 258 g/mol. The molecule has 18 heavy (non-hydrogen) atoms. The summed E-state index contributed by atoms with van der Waals surface area (Å²) >= 11 is 0. The SMILES string of the molecule is CCC(CO)(CCCN(C)CC1CCCO1)NC. The summed E-state index contributed by atoms with van der Waals surface area (Å²) in [6.07, 6.45) is 5.95. The zero-order valence-corrected chi connectivity index (χ0v) is 12.2. The van der Waals surface area contributed by atoms with Gasteiger partial charge in [-0.05, 0) is 52.7 Å². The Morgan fingerprint density at radius 3 is 2.78 bits per heavy atom. The Labute approximate surface area is 112 Å². The van der Waals surface area contributed by atoms with Crippen molar-refractivity contribution in [3.63, 3.8) is 0 Å². The number of rotatable bonds is 9. The number of hydrogen-bond donors (Lipinski definition) is 2. The molecule has 108 valence electrons. The Morgan fingerprint density at radius 2 is 2.28 bits per heavy atom. The van der Waals surface area contributed by atoms with Crippen LogP contribution in [0.1, 0.15) is 39.0 Å². The highest BCUT2D eigenvalue weighted by molar-refractivity contribution is 4.84. The van der Waals surface area contributed by atoms with Crippen molar-refractivity contribution in [1.82, 2.24) is 10.2 Å². The number of nitrogens with zero attached hydrogens (tertiary/aromatic N) is 1. The fraction of sp³-hybridized carbons (Fsp3) is 1.00. The van der Waals surface area contributed by atoms with Crippen molar-refractivity contribution >= 4 is 0 Å². The molecule has 0 radical (unpaired) electrons. The van der Waals surface area contributed by atoms with Gasteiger partial charge in [0.2, 0.25) is 0 Å². The molecule has 1 rings (SSSR count). The minimum absolute atomic E-state index is 0.0926. The predicted octanol–water partition coefficient (Wildman–Crippen LogP) is 1.24. The molecule has 0 spiro atoms. The van der Waals surface area contributed by atoms with Crippen LogP contribution in [0.25, 0.3) is 0 Å². The van der Waals surface area contributed by atoms with E-state index in [2.05, 4.69) is 24.2 Å². The van der Waals surface area contributed by atoms with Crippen LogP contribution < -0.4 is 5.32 Å². The normalized spacial score (nSPS) is 23.5. The van der Waals surface area contributed by atoms with E-state index in [1.165, 1.54) is 12.8 Å². The van der Waals surface area contributed by atoms with Crippen molar-refractivity contribution in [3.05, 3.63) is 0 Å². The lowest BCUT2D eigenvalue weighted by Gasteiger charge is -2.31. The van der Waals surface area contributed by atoms with E-state index < -0.39 is 0 Å². The zero-order valence-electron chi connectivity index (χ0n) is 12.2. The Hall–Kier alpha value is -0.160. The fourth-order valence-electron chi connectivity index (χ4n) is 2.66. The van der Waals surface area contributed by atoms with Crippen LogP contribution in [0.2, 0.25) is 0 Å². The first-order valence-corrected chi connectivity index (χ1v) is 7.25. The van der Waals surface area contributed by atoms with E-state index in [4.69, 9.17) is 4.74 Å². The first-order valence-electron chi connectivity index (χ1n) is 7.25. The third kappa shape index (κ3) is 4.84. The van der Waals surface area contributed by atoms with E-state index in [9.17, 15) is 5.11 Å². The molecule has 2 atom stereocenters. The Morgan fingerprint density at radius 1 is 1.50 bits per heavy atom. The van der Waals surface area contributed by atoms with Crippen molar-refractivity contribution < 1.29 is 9.84 Å². The van der Waals surface area contributed by atoms with Gasteiger partial charge >= 0.3 is 0 Å². The summed E-state index contributed by atoms with van der Waals surface area (Å²) in [7, 11) is 4.10. The molecule has 0 aromatic carbocycles. The minimum atomic E-state index is -0.0926. The summed E-state index contributed by atoms with van der Waals surface area (Å²) in [4.78, 5) is 2.35. The third-order valence-corrected chi connectivity index (χ3v) is 4.24. The monoisotopic (exact) mass is 258 g/mol. The molecule has 2 N–H and O–H groups in total. The maximum Gasteiger partial charge on any atom is 0.0702 e. The molecule has 1 saturated heterocycles. The van der Waals surface area contributed by atoms with Gasteiger partial charge in [-0.15, -0.1) is 0 Å². The number of aliphatic hydroxyl groups is 1. The van der Waals surface area contributed by atoms with Crippen LogP contribution in [0, 0.1) is 0 Å². The van der Waals surface area contributed by atoms with Crippen molar-refractivity contribution in [2.24, 2.45) is 0 Å². The minimum Gasteiger partial charge on any atom is -0.394 e. The van der Waals surface area contributed by atoms with Gasteiger partial charge in [-0.25, -0.2) is 0 Å². The van der Waals surface area contributed by atoms with Gasteiger partial charge < -0.3 is 20.1 Å². The van der Waals surface area contributed by atoms with Crippen LogP contribution in [0.15, 0.2) is 0 Å². The molecule has 0 aromatic heterocycles. The van der Waals surface area contributed by atoms with Crippen molar-refractivity contribution in [2.75, 3.05) is 40.4 Å². The lowest BCUT2D eigenvalue weighted by atomic mass is 9.91. The molecule has 1 aliphatic rings. The van der Waals surface area contributed by atoms with E-state index in [1.54, 1.807) is 0 Å².